The molecule has 0 atom stereocenters. The number of carbonyl (C=O) groups is 2. The van der Waals surface area contributed by atoms with E-state index in [0.29, 0.717) is 28.9 Å². The van der Waals surface area contributed by atoms with Crippen LogP contribution in [-0.4, -0.2) is 60.4 Å². The van der Waals surface area contributed by atoms with Gasteiger partial charge in [-0.05, 0) is 12.8 Å². The average molecular weight is 386 g/mol. The van der Waals surface area contributed by atoms with Gasteiger partial charge in [0.05, 0.1) is 11.5 Å². The normalized spacial score (nSPS) is 17.8. The number of nitrogens with zero attached hydrogens (tertiary/aromatic N) is 4. The van der Waals surface area contributed by atoms with E-state index in [1.54, 1.807) is 4.90 Å². The van der Waals surface area contributed by atoms with E-state index < -0.39 is 0 Å². The van der Waals surface area contributed by atoms with Crippen LogP contribution in [0, 0.1) is 0 Å². The van der Waals surface area contributed by atoms with E-state index in [0.717, 1.165) is 36.8 Å². The first-order valence-corrected chi connectivity index (χ1v) is 10.3. The standard InChI is InChI=1S/C14H19N5O2S3/c20-11(15-5-7-19-12(21)9-24-14(19)22)8-23-13-17-16-10-4-2-1-3-6-18(10)13/h1-9H2,(H,15,20). The zero-order valence-corrected chi connectivity index (χ0v) is 15.6. The number of thiocarbonyl (C=S) groups is 1. The molecule has 3 rings (SSSR count). The van der Waals surface area contributed by atoms with E-state index in [2.05, 4.69) is 20.1 Å². The van der Waals surface area contributed by atoms with Gasteiger partial charge in [-0.3, -0.25) is 14.5 Å². The molecule has 130 valence electrons. The van der Waals surface area contributed by atoms with Crippen molar-refractivity contribution >= 4 is 51.9 Å². The molecule has 0 bridgehead atoms. The molecule has 1 aromatic heterocycles. The Hall–Kier alpha value is -1.13. The van der Waals surface area contributed by atoms with E-state index in [-0.39, 0.29) is 11.8 Å². The Morgan fingerprint density at radius 2 is 2.21 bits per heavy atom. The van der Waals surface area contributed by atoms with Gasteiger partial charge in [-0.1, -0.05) is 42.2 Å². The van der Waals surface area contributed by atoms with Crippen LogP contribution in [0.3, 0.4) is 0 Å². The van der Waals surface area contributed by atoms with Gasteiger partial charge >= 0.3 is 0 Å². The van der Waals surface area contributed by atoms with Crippen molar-refractivity contribution in [1.82, 2.24) is 25.0 Å². The predicted octanol–water partition coefficient (Wildman–Crippen LogP) is 1.07. The van der Waals surface area contributed by atoms with Gasteiger partial charge in [0.25, 0.3) is 0 Å². The van der Waals surface area contributed by atoms with Crippen molar-refractivity contribution in [2.75, 3.05) is 24.6 Å². The number of nitrogens with one attached hydrogen (secondary N) is 1. The minimum absolute atomic E-state index is 0.0137. The molecule has 2 aliphatic heterocycles. The molecular weight excluding hydrogens is 366 g/mol. The molecule has 1 N–H and O–H groups in total. The van der Waals surface area contributed by atoms with Gasteiger partial charge in [0.1, 0.15) is 10.1 Å². The number of thioether (sulfide) groups is 2. The number of aryl methyl sites for hydroxylation is 1. The minimum Gasteiger partial charge on any atom is -0.354 e. The van der Waals surface area contributed by atoms with E-state index in [9.17, 15) is 9.59 Å². The Kier molecular flexibility index (Phi) is 6.12. The molecular formula is C14H19N5O2S3. The van der Waals surface area contributed by atoms with Crippen molar-refractivity contribution in [3.8, 4) is 0 Å². The Bertz CT molecular complexity index is 632. The summed E-state index contributed by atoms with van der Waals surface area (Å²) in [5.74, 6) is 1.66. The lowest BCUT2D eigenvalue weighted by Gasteiger charge is -2.15. The van der Waals surface area contributed by atoms with Crippen molar-refractivity contribution in [1.29, 1.82) is 0 Å². The Balaban J connectivity index is 1.42. The third-order valence-electron chi connectivity index (χ3n) is 3.91. The van der Waals surface area contributed by atoms with Crippen LogP contribution in [0.15, 0.2) is 5.16 Å². The summed E-state index contributed by atoms with van der Waals surface area (Å²) in [5.41, 5.74) is 0. The molecule has 0 radical (unpaired) electrons. The third-order valence-corrected chi connectivity index (χ3v) is 6.31. The fourth-order valence-electron chi connectivity index (χ4n) is 2.65. The number of carbonyl (C=O) groups excluding carboxylic acids is 2. The number of rotatable bonds is 6. The number of aromatic nitrogens is 3. The van der Waals surface area contributed by atoms with Gasteiger partial charge in [-0.25, -0.2) is 0 Å². The molecule has 2 aliphatic rings. The summed E-state index contributed by atoms with van der Waals surface area (Å²) in [4.78, 5) is 25.1. The number of fused-ring (bicyclic) bond motifs is 1. The molecule has 3 heterocycles. The molecule has 0 spiro atoms. The molecule has 1 saturated heterocycles. The van der Waals surface area contributed by atoms with Gasteiger partial charge in [0.15, 0.2) is 5.16 Å². The summed E-state index contributed by atoms with van der Waals surface area (Å²) in [6, 6.07) is 0. The van der Waals surface area contributed by atoms with Crippen molar-refractivity contribution in [3.63, 3.8) is 0 Å². The summed E-state index contributed by atoms with van der Waals surface area (Å²) in [6.45, 7) is 1.77. The summed E-state index contributed by atoms with van der Waals surface area (Å²) < 4.78 is 2.72. The van der Waals surface area contributed by atoms with Crippen molar-refractivity contribution in [2.24, 2.45) is 0 Å². The van der Waals surface area contributed by atoms with Crippen LogP contribution in [-0.2, 0) is 22.6 Å². The molecule has 0 unspecified atom stereocenters. The van der Waals surface area contributed by atoms with E-state index >= 15 is 0 Å². The van der Waals surface area contributed by atoms with Gasteiger partial charge in [-0.2, -0.15) is 0 Å². The van der Waals surface area contributed by atoms with Gasteiger partial charge in [0.2, 0.25) is 11.8 Å². The van der Waals surface area contributed by atoms with Crippen LogP contribution >= 0.6 is 35.7 Å². The molecule has 24 heavy (non-hydrogen) atoms. The highest BCUT2D eigenvalue weighted by Gasteiger charge is 2.26. The lowest BCUT2D eigenvalue weighted by molar-refractivity contribution is -0.124. The molecule has 0 saturated carbocycles. The van der Waals surface area contributed by atoms with E-state index in [1.807, 2.05) is 0 Å². The maximum absolute atomic E-state index is 12.0. The Labute approximate surface area is 154 Å². The lowest BCUT2D eigenvalue weighted by atomic mass is 10.2. The zero-order chi connectivity index (χ0) is 16.9. The summed E-state index contributed by atoms with van der Waals surface area (Å²) in [6.07, 6.45) is 4.45. The highest BCUT2D eigenvalue weighted by atomic mass is 32.2. The van der Waals surface area contributed by atoms with Crippen LogP contribution in [0.5, 0.6) is 0 Å². The average Bonchev–Trinajstić information content (AvgIpc) is 3.00. The van der Waals surface area contributed by atoms with E-state index in [1.165, 1.54) is 29.9 Å². The highest BCUT2D eigenvalue weighted by molar-refractivity contribution is 8.23. The molecule has 0 aromatic carbocycles. The molecule has 0 aliphatic carbocycles. The molecule has 1 aromatic rings. The summed E-state index contributed by atoms with van der Waals surface area (Å²) in [7, 11) is 0. The van der Waals surface area contributed by atoms with Crippen LogP contribution in [0.2, 0.25) is 0 Å². The SMILES string of the molecule is O=C(CSc1nnc2n1CCCCC2)NCCN1C(=O)CSC1=S. The fraction of sp³-hybridized carbons (Fsp3) is 0.643. The topological polar surface area (TPSA) is 80.1 Å². The van der Waals surface area contributed by atoms with Gasteiger partial charge in [0, 0.05) is 26.1 Å². The first-order valence-electron chi connectivity index (χ1n) is 7.94. The van der Waals surface area contributed by atoms with Crippen LogP contribution in [0.4, 0.5) is 0 Å². The Morgan fingerprint density at radius 3 is 3.00 bits per heavy atom. The summed E-state index contributed by atoms with van der Waals surface area (Å²) >= 11 is 7.88. The first-order chi connectivity index (χ1) is 11.6. The maximum atomic E-state index is 12.0. The van der Waals surface area contributed by atoms with E-state index in [4.69, 9.17) is 12.2 Å². The fourth-order valence-corrected chi connectivity index (χ4v) is 4.59. The predicted molar refractivity (Wildman–Crippen MR) is 98.1 cm³/mol. The van der Waals surface area contributed by atoms with Crippen molar-refractivity contribution < 1.29 is 9.59 Å². The van der Waals surface area contributed by atoms with Gasteiger partial charge < -0.3 is 9.88 Å². The van der Waals surface area contributed by atoms with Crippen LogP contribution in [0.1, 0.15) is 25.1 Å². The molecule has 2 amide bonds. The quantitative estimate of drug-likeness (QED) is 0.580. The molecule has 7 nitrogen and oxygen atoms in total. The van der Waals surface area contributed by atoms with Crippen LogP contribution < -0.4 is 5.32 Å². The van der Waals surface area contributed by atoms with Crippen LogP contribution in [0.25, 0.3) is 0 Å². The largest absolute Gasteiger partial charge is 0.354 e. The highest BCUT2D eigenvalue weighted by Crippen LogP contribution is 2.21. The van der Waals surface area contributed by atoms with Gasteiger partial charge in [-0.15, -0.1) is 10.2 Å². The van der Waals surface area contributed by atoms with Crippen molar-refractivity contribution in [2.45, 2.75) is 37.4 Å². The second kappa shape index (κ2) is 8.30. The zero-order valence-electron chi connectivity index (χ0n) is 13.2. The second-order valence-corrected chi connectivity index (χ2v) is 8.15. The first kappa shape index (κ1) is 17.7. The smallest absolute Gasteiger partial charge is 0.238 e. The monoisotopic (exact) mass is 385 g/mol. The second-order valence-electron chi connectivity index (χ2n) is 5.60. The number of hydrogen-bond acceptors (Lipinski definition) is 7. The number of hydrogen-bond donors (Lipinski definition) is 1. The third kappa shape index (κ3) is 4.28. The summed E-state index contributed by atoms with van der Waals surface area (Å²) in [5, 5.41) is 12.1. The number of amides is 2. The minimum atomic E-state index is -0.0730. The molecule has 10 heteroatoms. The molecule has 1 fully saturated rings. The Morgan fingerprint density at radius 1 is 1.33 bits per heavy atom. The maximum Gasteiger partial charge on any atom is 0.238 e. The lowest BCUT2D eigenvalue weighted by Crippen LogP contribution is -2.37. The van der Waals surface area contributed by atoms with Crippen molar-refractivity contribution in [3.05, 3.63) is 5.82 Å².